The van der Waals surface area contributed by atoms with E-state index in [0.717, 1.165) is 49.4 Å². The van der Waals surface area contributed by atoms with E-state index in [1.807, 2.05) is 0 Å². The van der Waals surface area contributed by atoms with Crippen molar-refractivity contribution in [1.82, 2.24) is 0 Å². The number of rotatable bonds is 71. The molecule has 2 saturated carbocycles. The molecule has 0 aromatic carbocycles. The first-order chi connectivity index (χ1) is 40.1. The summed E-state index contributed by atoms with van der Waals surface area (Å²) in [6.07, 6.45) is 96.0. The fraction of sp³-hybridized carbons (Fsp3) is 0.987. The molecule has 4 unspecified atom stereocenters. The van der Waals surface area contributed by atoms with Gasteiger partial charge < -0.3 is 10.2 Å². The summed E-state index contributed by atoms with van der Waals surface area (Å²) in [5.74, 6) is 2.99. The summed E-state index contributed by atoms with van der Waals surface area (Å²) >= 11 is 0. The van der Waals surface area contributed by atoms with Crippen LogP contribution in [0.1, 0.15) is 457 Å². The number of carbonyl (C=O) groups is 1. The first kappa shape index (κ1) is 76.5. The van der Waals surface area contributed by atoms with Crippen LogP contribution in [0.2, 0.25) is 0 Å². The number of hydrogen-bond acceptors (Lipinski definition) is 2. The van der Waals surface area contributed by atoms with Crippen molar-refractivity contribution in [2.75, 3.05) is 0 Å². The van der Waals surface area contributed by atoms with E-state index in [9.17, 15) is 15.0 Å². The van der Waals surface area contributed by atoms with Gasteiger partial charge in [0.1, 0.15) is 0 Å². The minimum absolute atomic E-state index is 0.580. The molecule has 0 bridgehead atoms. The van der Waals surface area contributed by atoms with Gasteiger partial charge in [0.25, 0.3) is 0 Å². The Labute approximate surface area is 511 Å². The zero-order valence-corrected chi connectivity index (χ0v) is 56.1. The molecule has 2 fully saturated rings. The fourth-order valence-electron chi connectivity index (χ4n) is 14.6. The molecule has 3 heteroatoms. The topological polar surface area (TPSA) is 57.5 Å². The third kappa shape index (κ3) is 53.4. The first-order valence-electron chi connectivity index (χ1n) is 39.0. The summed E-state index contributed by atoms with van der Waals surface area (Å²) in [4.78, 5) is 12.0. The highest BCUT2D eigenvalue weighted by Crippen LogP contribution is 2.47. The van der Waals surface area contributed by atoms with Crippen LogP contribution in [-0.2, 0) is 4.79 Å². The van der Waals surface area contributed by atoms with E-state index < -0.39 is 18.0 Å². The van der Waals surface area contributed by atoms with E-state index in [2.05, 4.69) is 13.8 Å². The largest absolute Gasteiger partial charge is 0.481 e. The summed E-state index contributed by atoms with van der Waals surface area (Å²) < 4.78 is 0. The van der Waals surface area contributed by atoms with Gasteiger partial charge in [0.2, 0.25) is 0 Å². The molecular weight excluding hydrogens is 985 g/mol. The predicted molar refractivity (Wildman–Crippen MR) is 361 cm³/mol. The molecule has 0 spiro atoms. The molecule has 2 aliphatic carbocycles. The lowest BCUT2D eigenvalue weighted by Crippen LogP contribution is -2.28. The Balaban J connectivity index is 1.20. The van der Waals surface area contributed by atoms with E-state index in [0.29, 0.717) is 12.8 Å². The van der Waals surface area contributed by atoms with Crippen LogP contribution >= 0.6 is 0 Å². The second kappa shape index (κ2) is 61.1. The summed E-state index contributed by atoms with van der Waals surface area (Å²) in [5.41, 5.74) is 0. The van der Waals surface area contributed by atoms with Crippen molar-refractivity contribution in [3.63, 3.8) is 0 Å². The number of hydrogen-bond donors (Lipinski definition) is 2. The summed E-state index contributed by atoms with van der Waals surface area (Å²) in [7, 11) is 0. The molecule has 0 radical (unpaired) electrons. The second-order valence-corrected chi connectivity index (χ2v) is 28.6. The van der Waals surface area contributed by atoms with Crippen LogP contribution in [0, 0.1) is 29.6 Å². The molecule has 0 aromatic heterocycles. The lowest BCUT2D eigenvalue weighted by atomic mass is 9.91. The van der Waals surface area contributed by atoms with Gasteiger partial charge in [-0.3, -0.25) is 4.79 Å². The highest BCUT2D eigenvalue weighted by atomic mass is 16.4. The van der Waals surface area contributed by atoms with Gasteiger partial charge in [-0.1, -0.05) is 431 Å². The Kier molecular flexibility index (Phi) is 57.7. The van der Waals surface area contributed by atoms with Gasteiger partial charge in [-0.25, -0.2) is 0 Å². The normalized spacial score (nSPS) is 17.6. The zero-order chi connectivity index (χ0) is 57.8. The quantitative estimate of drug-likeness (QED) is 0.0597. The molecule has 0 aromatic rings. The van der Waals surface area contributed by atoms with Gasteiger partial charge in [0.05, 0.1) is 12.0 Å². The summed E-state index contributed by atoms with van der Waals surface area (Å²) in [6.45, 7) is 4.61. The minimum Gasteiger partial charge on any atom is -0.481 e. The maximum absolute atomic E-state index is 12.0. The third-order valence-corrected chi connectivity index (χ3v) is 20.7. The van der Waals surface area contributed by atoms with Crippen molar-refractivity contribution in [2.24, 2.45) is 29.6 Å². The Morgan fingerprint density at radius 1 is 0.259 bits per heavy atom. The van der Waals surface area contributed by atoms with E-state index in [1.54, 1.807) is 19.3 Å². The van der Waals surface area contributed by atoms with Crippen molar-refractivity contribution in [3.8, 4) is 0 Å². The summed E-state index contributed by atoms with van der Waals surface area (Å²) in [5, 5.41) is 20.6. The maximum atomic E-state index is 12.0. The van der Waals surface area contributed by atoms with Crippen molar-refractivity contribution >= 4 is 5.97 Å². The molecule has 0 aliphatic heterocycles. The van der Waals surface area contributed by atoms with Crippen molar-refractivity contribution in [2.45, 2.75) is 463 Å². The number of aliphatic hydroxyl groups excluding tert-OH is 1. The molecule has 0 heterocycles. The van der Waals surface area contributed by atoms with Gasteiger partial charge >= 0.3 is 5.97 Å². The van der Waals surface area contributed by atoms with Crippen molar-refractivity contribution in [3.05, 3.63) is 0 Å². The van der Waals surface area contributed by atoms with E-state index in [1.165, 1.54) is 385 Å². The number of aliphatic carboxylic acids is 1. The second-order valence-electron chi connectivity index (χ2n) is 28.6. The van der Waals surface area contributed by atoms with Crippen molar-refractivity contribution in [1.29, 1.82) is 0 Å². The smallest absolute Gasteiger partial charge is 0.309 e. The molecule has 2 aliphatic rings. The van der Waals surface area contributed by atoms with Gasteiger partial charge in [-0.15, -0.1) is 0 Å². The number of aliphatic hydroxyl groups is 1. The Morgan fingerprint density at radius 3 is 0.605 bits per heavy atom. The van der Waals surface area contributed by atoms with Gasteiger partial charge in [-0.05, 0) is 49.4 Å². The van der Waals surface area contributed by atoms with Crippen LogP contribution in [0.3, 0.4) is 0 Å². The maximum Gasteiger partial charge on any atom is 0.309 e. The van der Waals surface area contributed by atoms with Crippen LogP contribution in [-0.4, -0.2) is 22.3 Å². The molecule has 2 rings (SSSR count). The van der Waals surface area contributed by atoms with Crippen LogP contribution in [0.25, 0.3) is 0 Å². The van der Waals surface area contributed by atoms with Gasteiger partial charge in [0.15, 0.2) is 0 Å². The number of carboxylic acids is 1. The van der Waals surface area contributed by atoms with Crippen LogP contribution < -0.4 is 0 Å². The molecule has 6 atom stereocenters. The number of carboxylic acid groups (broad SMARTS) is 1. The van der Waals surface area contributed by atoms with E-state index in [-0.39, 0.29) is 0 Å². The highest BCUT2D eigenvalue weighted by Gasteiger charge is 2.36. The monoisotopic (exact) mass is 1140 g/mol. The van der Waals surface area contributed by atoms with Crippen LogP contribution in [0.4, 0.5) is 0 Å². The average molecular weight is 1140 g/mol. The molecule has 482 valence electrons. The Hall–Kier alpha value is -0.570. The van der Waals surface area contributed by atoms with Crippen LogP contribution in [0.5, 0.6) is 0 Å². The lowest BCUT2D eigenvalue weighted by Gasteiger charge is -2.19. The molecular formula is C78H152O3. The van der Waals surface area contributed by atoms with Crippen molar-refractivity contribution < 1.29 is 15.0 Å². The molecule has 0 amide bonds. The highest BCUT2D eigenvalue weighted by molar-refractivity contribution is 5.70. The SMILES string of the molecule is CCCCCCCCCCCCCCCCCCCCCCCC[C@@H](C(=O)O)[C@H](O)CCCCCCCCCCCC1CC1CCCCCCCCCCCCCCC1CC1CCCCCCCCCCCCCCCCCCCC. The standard InChI is InChI=1S/C78H152O3/c1-3-5-7-9-11-13-15-17-19-21-23-24-25-26-28-30-32-38-44-50-56-62-68-76(78(80)81)77(79)69-63-57-51-45-39-43-49-55-61-67-75-71-74(75)66-60-54-48-42-37-34-33-36-41-47-53-59-65-73-70-72(73)64-58-52-46-40-35-31-29-27-22-20-18-16-14-12-10-8-6-4-2/h72-77,79H,3-71H2,1-2H3,(H,80,81)/t72?,73?,74?,75?,76-,77-/m1/s1. The average Bonchev–Trinajstić information content (AvgIpc) is 4.43. The number of unbranched alkanes of at least 4 members (excludes halogenated alkanes) is 57. The third-order valence-electron chi connectivity index (χ3n) is 20.7. The first-order valence-corrected chi connectivity index (χ1v) is 39.0. The fourth-order valence-corrected chi connectivity index (χ4v) is 14.6. The molecule has 81 heavy (non-hydrogen) atoms. The van der Waals surface area contributed by atoms with E-state index >= 15 is 0 Å². The van der Waals surface area contributed by atoms with Gasteiger partial charge in [-0.2, -0.15) is 0 Å². The molecule has 3 nitrogen and oxygen atoms in total. The van der Waals surface area contributed by atoms with E-state index in [4.69, 9.17) is 0 Å². The Morgan fingerprint density at radius 2 is 0.420 bits per heavy atom. The molecule has 0 saturated heterocycles. The lowest BCUT2D eigenvalue weighted by molar-refractivity contribution is -0.146. The Bertz CT molecular complexity index is 1230. The summed E-state index contributed by atoms with van der Waals surface area (Å²) in [6, 6.07) is 0. The van der Waals surface area contributed by atoms with Gasteiger partial charge in [0, 0.05) is 0 Å². The van der Waals surface area contributed by atoms with Crippen LogP contribution in [0.15, 0.2) is 0 Å². The predicted octanol–water partition coefficient (Wildman–Crippen LogP) is 27.5. The molecule has 2 N–H and O–H groups in total. The zero-order valence-electron chi connectivity index (χ0n) is 56.1. The minimum atomic E-state index is -0.795.